The molecule has 2 N–H and O–H groups in total. The van der Waals surface area contributed by atoms with Gasteiger partial charge in [0.05, 0.1) is 30.4 Å². The van der Waals surface area contributed by atoms with Gasteiger partial charge in [0.1, 0.15) is 0 Å². The summed E-state index contributed by atoms with van der Waals surface area (Å²) in [5, 5.41) is 20.1. The molecule has 4 heteroatoms. The van der Waals surface area contributed by atoms with Crippen molar-refractivity contribution in [1.82, 2.24) is 9.55 Å². The van der Waals surface area contributed by atoms with Crippen molar-refractivity contribution in [2.75, 3.05) is 6.61 Å². The molecule has 4 nitrogen and oxygen atoms in total. The third kappa shape index (κ3) is 2.60. The highest BCUT2D eigenvalue weighted by Gasteiger charge is 2.33. The lowest BCUT2D eigenvalue weighted by atomic mass is 9.78. The van der Waals surface area contributed by atoms with E-state index in [4.69, 9.17) is 0 Å². The van der Waals surface area contributed by atoms with Crippen molar-refractivity contribution >= 4 is 0 Å². The third-order valence-corrected chi connectivity index (χ3v) is 5.76. The van der Waals surface area contributed by atoms with Gasteiger partial charge in [0.25, 0.3) is 0 Å². The minimum absolute atomic E-state index is 0.189. The number of aliphatic hydroxyl groups is 2. The van der Waals surface area contributed by atoms with E-state index in [1.165, 1.54) is 11.1 Å². The van der Waals surface area contributed by atoms with Crippen molar-refractivity contribution in [3.63, 3.8) is 0 Å². The highest BCUT2D eigenvalue weighted by molar-refractivity contribution is 5.68. The summed E-state index contributed by atoms with van der Waals surface area (Å²) in [6.07, 6.45) is 8.38. The van der Waals surface area contributed by atoms with Gasteiger partial charge in [-0.2, -0.15) is 0 Å². The molecule has 2 unspecified atom stereocenters. The molecule has 0 bridgehead atoms. The SMILES string of the molecule is OC[C@H]1CC[C@H](C(O)CC2c3ccccc3-c3cncn32)CC1. The van der Waals surface area contributed by atoms with Gasteiger partial charge < -0.3 is 14.8 Å². The number of aliphatic hydroxyl groups excluding tert-OH is 2. The molecule has 0 spiro atoms. The molecule has 4 rings (SSSR count). The van der Waals surface area contributed by atoms with Gasteiger partial charge in [0, 0.05) is 12.2 Å². The number of hydrogen-bond acceptors (Lipinski definition) is 3. The molecule has 2 heterocycles. The number of hydrogen-bond donors (Lipinski definition) is 2. The number of nitrogens with zero attached hydrogens (tertiary/aromatic N) is 2. The summed E-state index contributed by atoms with van der Waals surface area (Å²) < 4.78 is 2.20. The van der Waals surface area contributed by atoms with Crippen LogP contribution in [0.3, 0.4) is 0 Å². The van der Waals surface area contributed by atoms with E-state index in [9.17, 15) is 10.2 Å². The number of rotatable bonds is 4. The number of imidazole rings is 1. The van der Waals surface area contributed by atoms with Crippen LogP contribution in [0.2, 0.25) is 0 Å². The molecule has 1 fully saturated rings. The van der Waals surface area contributed by atoms with Crippen molar-refractivity contribution in [3.05, 3.63) is 42.4 Å². The standard InChI is InChI=1S/C19H24N2O2/c22-11-13-5-7-14(8-6-13)19(23)9-17-15-3-1-2-4-16(15)18-10-20-12-21(17)18/h1-4,10,12-14,17,19,22-23H,5-9,11H2/t13-,14-,17?,19?. The predicted molar refractivity (Wildman–Crippen MR) is 89.0 cm³/mol. The third-order valence-electron chi connectivity index (χ3n) is 5.76. The Morgan fingerprint density at radius 1 is 1.17 bits per heavy atom. The highest BCUT2D eigenvalue weighted by atomic mass is 16.3. The smallest absolute Gasteiger partial charge is 0.0956 e. The Morgan fingerprint density at radius 3 is 2.74 bits per heavy atom. The van der Waals surface area contributed by atoms with Crippen LogP contribution < -0.4 is 0 Å². The zero-order chi connectivity index (χ0) is 15.8. The number of fused-ring (bicyclic) bond motifs is 3. The maximum absolute atomic E-state index is 10.8. The van der Waals surface area contributed by atoms with Gasteiger partial charge in [-0.3, -0.25) is 0 Å². The van der Waals surface area contributed by atoms with Gasteiger partial charge in [-0.15, -0.1) is 0 Å². The van der Waals surface area contributed by atoms with Crippen LogP contribution in [0.15, 0.2) is 36.8 Å². The summed E-state index contributed by atoms with van der Waals surface area (Å²) in [4.78, 5) is 4.29. The second kappa shape index (κ2) is 6.10. The van der Waals surface area contributed by atoms with Crippen molar-refractivity contribution < 1.29 is 10.2 Å². The van der Waals surface area contributed by atoms with E-state index in [-0.39, 0.29) is 18.8 Å². The molecule has 1 aromatic heterocycles. The van der Waals surface area contributed by atoms with E-state index in [0.717, 1.165) is 37.8 Å². The zero-order valence-electron chi connectivity index (χ0n) is 13.3. The Morgan fingerprint density at radius 2 is 1.96 bits per heavy atom. The van der Waals surface area contributed by atoms with E-state index in [1.807, 2.05) is 12.5 Å². The lowest BCUT2D eigenvalue weighted by Gasteiger charge is -2.32. The van der Waals surface area contributed by atoms with Gasteiger partial charge in [0.2, 0.25) is 0 Å². The fourth-order valence-electron chi connectivity index (χ4n) is 4.35. The average Bonchev–Trinajstić information content (AvgIpc) is 3.18. The van der Waals surface area contributed by atoms with Crippen LogP contribution in [0.5, 0.6) is 0 Å². The van der Waals surface area contributed by atoms with Crippen LogP contribution >= 0.6 is 0 Å². The van der Waals surface area contributed by atoms with Crippen LogP contribution in [0, 0.1) is 11.8 Å². The minimum Gasteiger partial charge on any atom is -0.396 e. The second-order valence-corrected chi connectivity index (χ2v) is 7.06. The van der Waals surface area contributed by atoms with E-state index >= 15 is 0 Å². The molecule has 1 aliphatic carbocycles. The van der Waals surface area contributed by atoms with Gasteiger partial charge in [-0.25, -0.2) is 4.98 Å². The maximum atomic E-state index is 10.8. The number of benzene rings is 1. The van der Waals surface area contributed by atoms with E-state index in [1.54, 1.807) is 0 Å². The van der Waals surface area contributed by atoms with Crippen molar-refractivity contribution in [2.45, 2.75) is 44.2 Å². The Hall–Kier alpha value is -1.65. The fraction of sp³-hybridized carbons (Fsp3) is 0.526. The first-order valence-electron chi connectivity index (χ1n) is 8.68. The molecule has 2 aromatic rings. The molecule has 2 atom stereocenters. The first-order valence-corrected chi connectivity index (χ1v) is 8.68. The van der Waals surface area contributed by atoms with E-state index < -0.39 is 0 Å². The lowest BCUT2D eigenvalue weighted by Crippen LogP contribution is -2.29. The van der Waals surface area contributed by atoms with E-state index in [2.05, 4.69) is 33.8 Å². The van der Waals surface area contributed by atoms with Gasteiger partial charge in [-0.1, -0.05) is 24.3 Å². The summed E-state index contributed by atoms with van der Waals surface area (Å²) in [6.45, 7) is 0.289. The molecular formula is C19H24N2O2. The first-order chi connectivity index (χ1) is 11.3. The van der Waals surface area contributed by atoms with E-state index in [0.29, 0.717) is 11.8 Å². The van der Waals surface area contributed by atoms with Gasteiger partial charge in [-0.05, 0) is 49.5 Å². The molecule has 0 radical (unpaired) electrons. The topological polar surface area (TPSA) is 58.3 Å². The fourth-order valence-corrected chi connectivity index (χ4v) is 4.35. The second-order valence-electron chi connectivity index (χ2n) is 7.06. The summed E-state index contributed by atoms with van der Waals surface area (Å²) in [5.41, 5.74) is 3.70. The summed E-state index contributed by atoms with van der Waals surface area (Å²) in [7, 11) is 0. The quantitative estimate of drug-likeness (QED) is 0.912. The maximum Gasteiger partial charge on any atom is 0.0956 e. The first kappa shape index (κ1) is 14.9. The molecule has 23 heavy (non-hydrogen) atoms. The van der Waals surface area contributed by atoms with Gasteiger partial charge in [0.15, 0.2) is 0 Å². The summed E-state index contributed by atoms with van der Waals surface area (Å²) >= 11 is 0. The van der Waals surface area contributed by atoms with Crippen LogP contribution in [-0.2, 0) is 0 Å². The monoisotopic (exact) mass is 312 g/mol. The summed E-state index contributed by atoms with van der Waals surface area (Å²) in [6, 6.07) is 8.63. The predicted octanol–water partition coefficient (Wildman–Crippen LogP) is 3.00. The van der Waals surface area contributed by atoms with Crippen molar-refractivity contribution in [3.8, 4) is 11.3 Å². The molecule has 1 aliphatic heterocycles. The molecular weight excluding hydrogens is 288 g/mol. The largest absolute Gasteiger partial charge is 0.396 e. The minimum atomic E-state index is -0.291. The van der Waals surface area contributed by atoms with Gasteiger partial charge >= 0.3 is 0 Å². The molecule has 1 aromatic carbocycles. The Labute approximate surface area is 136 Å². The Kier molecular flexibility index (Phi) is 3.95. The molecule has 0 amide bonds. The zero-order valence-corrected chi connectivity index (χ0v) is 13.3. The van der Waals surface area contributed by atoms with Crippen LogP contribution in [0.1, 0.15) is 43.7 Å². The average molecular weight is 312 g/mol. The summed E-state index contributed by atoms with van der Waals surface area (Å²) in [5.74, 6) is 0.795. The van der Waals surface area contributed by atoms with Crippen LogP contribution in [0.25, 0.3) is 11.3 Å². The Balaban J connectivity index is 1.51. The molecule has 2 aliphatic rings. The molecule has 0 saturated heterocycles. The van der Waals surface area contributed by atoms with Crippen LogP contribution in [-0.4, -0.2) is 32.5 Å². The number of aromatic nitrogens is 2. The lowest BCUT2D eigenvalue weighted by molar-refractivity contribution is 0.0505. The van der Waals surface area contributed by atoms with Crippen molar-refractivity contribution in [1.29, 1.82) is 0 Å². The molecule has 122 valence electrons. The normalized spacial score (nSPS) is 27.5. The Bertz CT molecular complexity index is 674. The highest BCUT2D eigenvalue weighted by Crippen LogP contribution is 2.43. The van der Waals surface area contributed by atoms with Crippen LogP contribution in [0.4, 0.5) is 0 Å². The molecule has 1 saturated carbocycles. The van der Waals surface area contributed by atoms with Crippen molar-refractivity contribution in [2.24, 2.45) is 11.8 Å².